The zero-order valence-corrected chi connectivity index (χ0v) is 10.4. The van der Waals surface area contributed by atoms with Crippen LogP contribution in [0.2, 0.25) is 0 Å². The van der Waals surface area contributed by atoms with E-state index >= 15 is 0 Å². The Morgan fingerprint density at radius 3 is 2.86 bits per heavy atom. The molecular weight excluding hydrogens is 192 g/mol. The zero-order valence-electron chi connectivity index (χ0n) is 9.55. The van der Waals surface area contributed by atoms with Crippen molar-refractivity contribution in [3.05, 3.63) is 0 Å². The SMILES string of the molecule is CCCCCN=C1NC(C)C(C)CS1. The number of thioether (sulfide) groups is 1. The van der Waals surface area contributed by atoms with Crippen molar-refractivity contribution >= 4 is 16.9 Å². The molecule has 14 heavy (non-hydrogen) atoms. The molecule has 0 saturated carbocycles. The maximum absolute atomic E-state index is 4.57. The minimum atomic E-state index is 0.584. The molecule has 0 bridgehead atoms. The minimum Gasteiger partial charge on any atom is -0.362 e. The molecule has 1 aliphatic rings. The van der Waals surface area contributed by atoms with Crippen LogP contribution in [0.15, 0.2) is 4.99 Å². The molecule has 0 aliphatic carbocycles. The topological polar surface area (TPSA) is 24.4 Å². The largest absolute Gasteiger partial charge is 0.362 e. The summed E-state index contributed by atoms with van der Waals surface area (Å²) < 4.78 is 0. The second kappa shape index (κ2) is 6.33. The van der Waals surface area contributed by atoms with E-state index in [2.05, 4.69) is 31.1 Å². The van der Waals surface area contributed by atoms with Gasteiger partial charge in [0, 0.05) is 18.3 Å². The van der Waals surface area contributed by atoms with Crippen LogP contribution in [0.5, 0.6) is 0 Å². The van der Waals surface area contributed by atoms with Crippen LogP contribution in [-0.4, -0.2) is 23.5 Å². The van der Waals surface area contributed by atoms with Gasteiger partial charge in [0.15, 0.2) is 5.17 Å². The quantitative estimate of drug-likeness (QED) is 0.728. The predicted molar refractivity (Wildman–Crippen MR) is 66.0 cm³/mol. The standard InChI is InChI=1S/C11H22N2S/c1-4-5-6-7-12-11-13-10(3)9(2)8-14-11/h9-10H,4-8H2,1-3H3,(H,12,13). The minimum absolute atomic E-state index is 0.584. The first-order valence-corrected chi connectivity index (χ1v) is 6.66. The monoisotopic (exact) mass is 214 g/mol. The normalized spacial score (nSPS) is 30.4. The number of amidine groups is 1. The van der Waals surface area contributed by atoms with Gasteiger partial charge in [0.05, 0.1) is 0 Å². The van der Waals surface area contributed by atoms with Crippen molar-refractivity contribution in [2.45, 2.75) is 46.1 Å². The molecule has 82 valence electrons. The number of hydrogen-bond acceptors (Lipinski definition) is 2. The van der Waals surface area contributed by atoms with Crippen LogP contribution in [0, 0.1) is 5.92 Å². The highest BCUT2D eigenvalue weighted by atomic mass is 32.2. The summed E-state index contributed by atoms with van der Waals surface area (Å²) in [6, 6.07) is 0.584. The lowest BCUT2D eigenvalue weighted by Gasteiger charge is -2.28. The Balaban J connectivity index is 2.24. The van der Waals surface area contributed by atoms with Crippen LogP contribution in [0.1, 0.15) is 40.0 Å². The van der Waals surface area contributed by atoms with Gasteiger partial charge in [-0.3, -0.25) is 4.99 Å². The average molecular weight is 214 g/mol. The van der Waals surface area contributed by atoms with Gasteiger partial charge < -0.3 is 5.32 Å². The predicted octanol–water partition coefficient (Wildman–Crippen LogP) is 2.89. The van der Waals surface area contributed by atoms with Crippen LogP contribution in [0.4, 0.5) is 0 Å². The summed E-state index contributed by atoms with van der Waals surface area (Å²) in [5.74, 6) is 1.97. The molecule has 1 N–H and O–H groups in total. The number of nitrogens with one attached hydrogen (secondary N) is 1. The van der Waals surface area contributed by atoms with Gasteiger partial charge in [-0.1, -0.05) is 38.5 Å². The van der Waals surface area contributed by atoms with Crippen LogP contribution in [-0.2, 0) is 0 Å². The van der Waals surface area contributed by atoms with Crippen molar-refractivity contribution in [1.29, 1.82) is 0 Å². The first-order valence-electron chi connectivity index (χ1n) is 5.67. The molecule has 0 spiro atoms. The molecule has 0 aromatic rings. The van der Waals surface area contributed by atoms with E-state index in [4.69, 9.17) is 0 Å². The molecule has 0 amide bonds. The number of rotatable bonds is 4. The second-order valence-electron chi connectivity index (χ2n) is 4.12. The summed E-state index contributed by atoms with van der Waals surface area (Å²) in [6.45, 7) is 7.75. The summed E-state index contributed by atoms with van der Waals surface area (Å²) >= 11 is 1.87. The van der Waals surface area contributed by atoms with Gasteiger partial charge in [-0.15, -0.1) is 0 Å². The third-order valence-electron chi connectivity index (χ3n) is 2.70. The Morgan fingerprint density at radius 1 is 1.43 bits per heavy atom. The first kappa shape index (κ1) is 11.9. The van der Waals surface area contributed by atoms with Crippen molar-refractivity contribution < 1.29 is 0 Å². The van der Waals surface area contributed by atoms with Crippen molar-refractivity contribution in [3.63, 3.8) is 0 Å². The van der Waals surface area contributed by atoms with E-state index in [0.717, 1.165) is 17.6 Å². The maximum atomic E-state index is 4.57. The fourth-order valence-electron chi connectivity index (χ4n) is 1.37. The lowest BCUT2D eigenvalue weighted by Crippen LogP contribution is -2.41. The smallest absolute Gasteiger partial charge is 0.156 e. The van der Waals surface area contributed by atoms with Gasteiger partial charge in [0.1, 0.15) is 0 Å². The lowest BCUT2D eigenvalue weighted by atomic mass is 10.1. The summed E-state index contributed by atoms with van der Waals surface area (Å²) in [5.41, 5.74) is 0. The molecule has 2 nitrogen and oxygen atoms in total. The fraction of sp³-hybridized carbons (Fsp3) is 0.909. The lowest BCUT2D eigenvalue weighted by molar-refractivity contribution is 0.489. The van der Waals surface area contributed by atoms with Gasteiger partial charge in [-0.25, -0.2) is 0 Å². The third-order valence-corrected chi connectivity index (χ3v) is 3.92. The van der Waals surface area contributed by atoms with Crippen molar-refractivity contribution in [3.8, 4) is 0 Å². The van der Waals surface area contributed by atoms with Crippen molar-refractivity contribution in [2.75, 3.05) is 12.3 Å². The zero-order chi connectivity index (χ0) is 10.4. The van der Waals surface area contributed by atoms with Crippen LogP contribution < -0.4 is 5.32 Å². The van der Waals surface area contributed by atoms with Crippen LogP contribution in [0.3, 0.4) is 0 Å². The highest BCUT2D eigenvalue weighted by Crippen LogP contribution is 2.19. The Labute approximate surface area is 92.0 Å². The van der Waals surface area contributed by atoms with E-state index < -0.39 is 0 Å². The van der Waals surface area contributed by atoms with Gasteiger partial charge in [0.25, 0.3) is 0 Å². The maximum Gasteiger partial charge on any atom is 0.156 e. The van der Waals surface area contributed by atoms with Crippen molar-refractivity contribution in [2.24, 2.45) is 10.9 Å². The van der Waals surface area contributed by atoms with Gasteiger partial charge >= 0.3 is 0 Å². The first-order chi connectivity index (χ1) is 6.74. The second-order valence-corrected chi connectivity index (χ2v) is 5.12. The van der Waals surface area contributed by atoms with E-state index in [9.17, 15) is 0 Å². The number of aliphatic imine (C=N–C) groups is 1. The molecular formula is C11H22N2S. The molecule has 1 saturated heterocycles. The van der Waals surface area contributed by atoms with E-state index in [1.807, 2.05) is 11.8 Å². The van der Waals surface area contributed by atoms with Gasteiger partial charge in [-0.2, -0.15) is 0 Å². The third kappa shape index (κ3) is 3.91. The summed E-state index contributed by atoms with van der Waals surface area (Å²) in [4.78, 5) is 4.57. The summed E-state index contributed by atoms with van der Waals surface area (Å²) in [5, 5.41) is 4.61. The van der Waals surface area contributed by atoms with Crippen LogP contribution >= 0.6 is 11.8 Å². The molecule has 1 rings (SSSR count). The molecule has 0 aromatic carbocycles. The Hall–Kier alpha value is -0.180. The Kier molecular flexibility index (Phi) is 5.38. The summed E-state index contributed by atoms with van der Waals surface area (Å²) in [7, 11) is 0. The fourth-order valence-corrected chi connectivity index (χ4v) is 2.53. The average Bonchev–Trinajstić information content (AvgIpc) is 2.18. The highest BCUT2D eigenvalue weighted by molar-refractivity contribution is 8.13. The van der Waals surface area contributed by atoms with Gasteiger partial charge in [-0.05, 0) is 19.3 Å². The summed E-state index contributed by atoms with van der Waals surface area (Å²) in [6.07, 6.45) is 3.80. The number of nitrogens with zero attached hydrogens (tertiary/aromatic N) is 1. The molecule has 0 aromatic heterocycles. The molecule has 2 unspecified atom stereocenters. The van der Waals surface area contributed by atoms with E-state index in [-0.39, 0.29) is 0 Å². The van der Waals surface area contributed by atoms with Crippen molar-refractivity contribution in [1.82, 2.24) is 5.32 Å². The molecule has 1 fully saturated rings. The Bertz CT molecular complexity index is 192. The van der Waals surface area contributed by atoms with Crippen LogP contribution in [0.25, 0.3) is 0 Å². The highest BCUT2D eigenvalue weighted by Gasteiger charge is 2.20. The Morgan fingerprint density at radius 2 is 2.21 bits per heavy atom. The van der Waals surface area contributed by atoms with E-state index in [1.54, 1.807) is 0 Å². The van der Waals surface area contributed by atoms with Gasteiger partial charge in [0.2, 0.25) is 0 Å². The molecule has 1 heterocycles. The number of hydrogen-bond donors (Lipinski definition) is 1. The molecule has 3 heteroatoms. The molecule has 0 radical (unpaired) electrons. The van der Waals surface area contributed by atoms with E-state index in [1.165, 1.54) is 25.0 Å². The molecule has 2 atom stereocenters. The molecule has 1 aliphatic heterocycles. The number of unbranched alkanes of at least 4 members (excludes halogenated alkanes) is 2. The van der Waals surface area contributed by atoms with E-state index in [0.29, 0.717) is 6.04 Å².